The van der Waals surface area contributed by atoms with Crippen molar-refractivity contribution in [2.75, 3.05) is 11.9 Å². The Morgan fingerprint density at radius 1 is 1.33 bits per heavy atom. The Balaban J connectivity index is 1.90. The van der Waals surface area contributed by atoms with E-state index in [-0.39, 0.29) is 43.7 Å². The van der Waals surface area contributed by atoms with Crippen molar-refractivity contribution in [2.45, 2.75) is 32.4 Å². The van der Waals surface area contributed by atoms with Crippen molar-refractivity contribution in [2.24, 2.45) is 0 Å². The highest BCUT2D eigenvalue weighted by Crippen LogP contribution is 2.33. The van der Waals surface area contributed by atoms with Crippen LogP contribution in [0.1, 0.15) is 35.7 Å². The minimum absolute atomic E-state index is 0.146. The van der Waals surface area contributed by atoms with E-state index in [1.807, 2.05) is 0 Å². The molecule has 2 N–H and O–H groups in total. The summed E-state index contributed by atoms with van der Waals surface area (Å²) in [6.07, 6.45) is -0.717. The van der Waals surface area contributed by atoms with Gasteiger partial charge in [-0.15, -0.1) is 0 Å². The molecule has 1 saturated heterocycles. The average molecular weight is 331 g/mol. The van der Waals surface area contributed by atoms with Gasteiger partial charge in [0.15, 0.2) is 0 Å². The normalized spacial score (nSPS) is 20.4. The molecule has 8 nitrogen and oxygen atoms in total. The second kappa shape index (κ2) is 5.95. The third-order valence-electron chi connectivity index (χ3n) is 4.41. The Kier molecular flexibility index (Phi) is 3.96. The molecule has 1 aromatic rings. The molecule has 1 atom stereocenters. The zero-order valence-electron chi connectivity index (χ0n) is 13.1. The van der Waals surface area contributed by atoms with Crippen molar-refractivity contribution < 1.29 is 24.3 Å². The monoisotopic (exact) mass is 331 g/mol. The van der Waals surface area contributed by atoms with Gasteiger partial charge in [-0.2, -0.15) is 0 Å². The summed E-state index contributed by atoms with van der Waals surface area (Å²) in [5.41, 5.74) is 1.27. The summed E-state index contributed by atoms with van der Waals surface area (Å²) in [4.78, 5) is 50.5. The van der Waals surface area contributed by atoms with E-state index in [4.69, 9.17) is 5.11 Å². The summed E-state index contributed by atoms with van der Waals surface area (Å²) in [6, 6.07) is 4.09. The first-order valence-electron chi connectivity index (χ1n) is 7.71. The van der Waals surface area contributed by atoms with Gasteiger partial charge in [0.25, 0.3) is 11.8 Å². The number of likely N-dealkylation sites (tertiary alicyclic amines) is 1. The number of imide groups is 1. The molecule has 0 aromatic heterocycles. The minimum atomic E-state index is -1.22. The van der Waals surface area contributed by atoms with Crippen LogP contribution in [0, 0.1) is 0 Å². The van der Waals surface area contributed by atoms with Crippen LogP contribution in [0.2, 0.25) is 0 Å². The molecule has 1 aromatic carbocycles. The fourth-order valence-electron chi connectivity index (χ4n) is 3.28. The highest BCUT2D eigenvalue weighted by molar-refractivity contribution is 6.06. The lowest BCUT2D eigenvalue weighted by molar-refractivity contribution is -0.151. The standard InChI is InChI=1S/C16H17N3O5/c1-2-18-13(20)7-6-12(15(18)22)19-8-10-9(14(19)21)4-3-5-11(10)17-16(23)24/h3-5,12,17H,2,6-8H2,1H3,(H,23,24). The SMILES string of the molecule is CCN1C(=O)CCC(N2Cc3c(NC(=O)O)cccc3C2=O)C1=O. The number of nitrogens with one attached hydrogen (secondary N) is 1. The number of anilines is 1. The average Bonchev–Trinajstić information content (AvgIpc) is 2.86. The van der Waals surface area contributed by atoms with Gasteiger partial charge in [-0.3, -0.25) is 24.6 Å². The fraction of sp³-hybridized carbons (Fsp3) is 0.375. The molecule has 4 amide bonds. The number of benzene rings is 1. The van der Waals surface area contributed by atoms with Crippen molar-refractivity contribution in [3.05, 3.63) is 29.3 Å². The molecular formula is C16H17N3O5. The predicted molar refractivity (Wildman–Crippen MR) is 83.4 cm³/mol. The van der Waals surface area contributed by atoms with Crippen molar-refractivity contribution in [3.8, 4) is 0 Å². The number of rotatable bonds is 3. The lowest BCUT2D eigenvalue weighted by atomic mass is 10.0. The van der Waals surface area contributed by atoms with Crippen molar-refractivity contribution in [1.29, 1.82) is 0 Å². The number of hydrogen-bond donors (Lipinski definition) is 2. The van der Waals surface area contributed by atoms with Crippen molar-refractivity contribution in [3.63, 3.8) is 0 Å². The largest absolute Gasteiger partial charge is 0.465 e. The molecule has 0 radical (unpaired) electrons. The van der Waals surface area contributed by atoms with Crippen LogP contribution < -0.4 is 5.32 Å². The van der Waals surface area contributed by atoms with E-state index in [1.165, 1.54) is 9.80 Å². The number of carbonyl (C=O) groups is 4. The summed E-state index contributed by atoms with van der Waals surface area (Å²) < 4.78 is 0. The smallest absolute Gasteiger partial charge is 0.409 e. The maximum Gasteiger partial charge on any atom is 0.409 e. The van der Waals surface area contributed by atoms with Gasteiger partial charge < -0.3 is 10.0 Å². The van der Waals surface area contributed by atoms with E-state index in [0.717, 1.165) is 0 Å². The number of piperidine rings is 1. The Morgan fingerprint density at radius 3 is 2.75 bits per heavy atom. The molecule has 1 fully saturated rings. The summed E-state index contributed by atoms with van der Waals surface area (Å²) in [7, 11) is 0. The molecule has 24 heavy (non-hydrogen) atoms. The Labute approximate surface area is 138 Å². The van der Waals surface area contributed by atoms with Crippen molar-refractivity contribution in [1.82, 2.24) is 9.80 Å². The van der Waals surface area contributed by atoms with Crippen LogP contribution in [0.5, 0.6) is 0 Å². The Bertz CT molecular complexity index is 745. The van der Waals surface area contributed by atoms with Gasteiger partial charge in [0.2, 0.25) is 5.91 Å². The quantitative estimate of drug-likeness (QED) is 0.811. The molecule has 1 unspecified atom stereocenters. The summed E-state index contributed by atoms with van der Waals surface area (Å²) >= 11 is 0. The molecule has 0 spiro atoms. The number of carbonyl (C=O) groups excluding carboxylic acids is 3. The van der Waals surface area contributed by atoms with E-state index >= 15 is 0 Å². The van der Waals surface area contributed by atoms with Gasteiger partial charge in [0.05, 0.1) is 0 Å². The number of carboxylic acid groups (broad SMARTS) is 1. The lowest BCUT2D eigenvalue weighted by Crippen LogP contribution is -2.54. The van der Waals surface area contributed by atoms with Crippen molar-refractivity contribution >= 4 is 29.5 Å². The maximum atomic E-state index is 12.7. The number of amides is 4. The third kappa shape index (κ3) is 2.49. The van der Waals surface area contributed by atoms with Gasteiger partial charge in [-0.05, 0) is 25.5 Å². The number of nitrogens with zero attached hydrogens (tertiary/aromatic N) is 2. The number of likely N-dealkylation sites (N-methyl/N-ethyl adjacent to an activating group) is 1. The molecule has 0 bridgehead atoms. The lowest BCUT2D eigenvalue weighted by Gasteiger charge is -2.34. The second-order valence-electron chi connectivity index (χ2n) is 5.73. The number of fused-ring (bicyclic) bond motifs is 1. The molecule has 3 rings (SSSR count). The first-order valence-corrected chi connectivity index (χ1v) is 7.71. The zero-order chi connectivity index (χ0) is 17.4. The molecule has 2 heterocycles. The first kappa shape index (κ1) is 16.0. The van der Waals surface area contributed by atoms with Crippen LogP contribution >= 0.6 is 0 Å². The van der Waals surface area contributed by atoms with Crippen LogP contribution in [0.15, 0.2) is 18.2 Å². The molecular weight excluding hydrogens is 314 g/mol. The highest BCUT2D eigenvalue weighted by atomic mass is 16.4. The van der Waals surface area contributed by atoms with E-state index in [0.29, 0.717) is 16.8 Å². The topological polar surface area (TPSA) is 107 Å². The molecule has 8 heteroatoms. The fourth-order valence-corrected chi connectivity index (χ4v) is 3.28. The van der Waals surface area contributed by atoms with Crippen LogP contribution in [0.25, 0.3) is 0 Å². The minimum Gasteiger partial charge on any atom is -0.465 e. The van der Waals surface area contributed by atoms with Gasteiger partial charge in [0.1, 0.15) is 6.04 Å². The van der Waals surface area contributed by atoms with Crippen LogP contribution in [0.4, 0.5) is 10.5 Å². The van der Waals surface area contributed by atoms with Gasteiger partial charge in [-0.1, -0.05) is 6.07 Å². The van der Waals surface area contributed by atoms with Gasteiger partial charge in [-0.25, -0.2) is 4.79 Å². The maximum absolute atomic E-state index is 12.7. The molecule has 0 saturated carbocycles. The predicted octanol–water partition coefficient (Wildman–Crippen LogP) is 1.27. The Hall–Kier alpha value is -2.90. The Morgan fingerprint density at radius 2 is 2.08 bits per heavy atom. The molecule has 2 aliphatic rings. The molecule has 2 aliphatic heterocycles. The van der Waals surface area contributed by atoms with E-state index in [9.17, 15) is 19.2 Å². The van der Waals surface area contributed by atoms with Crippen LogP contribution in [-0.2, 0) is 16.1 Å². The van der Waals surface area contributed by atoms with E-state index in [1.54, 1.807) is 25.1 Å². The summed E-state index contributed by atoms with van der Waals surface area (Å²) in [5, 5.41) is 11.2. The molecule has 126 valence electrons. The summed E-state index contributed by atoms with van der Waals surface area (Å²) in [5.74, 6) is -0.915. The van der Waals surface area contributed by atoms with Crippen LogP contribution in [0.3, 0.4) is 0 Å². The highest BCUT2D eigenvalue weighted by Gasteiger charge is 2.42. The second-order valence-corrected chi connectivity index (χ2v) is 5.73. The number of hydrogen-bond acceptors (Lipinski definition) is 4. The third-order valence-corrected chi connectivity index (χ3v) is 4.41. The zero-order valence-corrected chi connectivity index (χ0v) is 13.1. The first-order chi connectivity index (χ1) is 11.4. The molecule has 0 aliphatic carbocycles. The van der Waals surface area contributed by atoms with Gasteiger partial charge in [0, 0.05) is 36.3 Å². The van der Waals surface area contributed by atoms with Crippen LogP contribution in [-0.4, -0.2) is 51.3 Å². The van der Waals surface area contributed by atoms with E-state index in [2.05, 4.69) is 5.32 Å². The van der Waals surface area contributed by atoms with E-state index < -0.39 is 12.1 Å². The van der Waals surface area contributed by atoms with Gasteiger partial charge >= 0.3 is 6.09 Å². The summed E-state index contributed by atoms with van der Waals surface area (Å²) in [6.45, 7) is 2.13.